The Balaban J connectivity index is 1.58. The molecule has 15 nitrogen and oxygen atoms in total. The van der Waals surface area contributed by atoms with E-state index in [1.807, 2.05) is 0 Å². The van der Waals surface area contributed by atoms with E-state index in [9.17, 15) is 32.5 Å². The molecule has 34 heavy (non-hydrogen) atoms. The van der Waals surface area contributed by atoms with Crippen molar-refractivity contribution < 1.29 is 42.0 Å². The molecule has 17 heteroatoms. The van der Waals surface area contributed by atoms with Gasteiger partial charge >= 0.3 is 16.3 Å². The van der Waals surface area contributed by atoms with Crippen LogP contribution in [0.1, 0.15) is 32.4 Å². The van der Waals surface area contributed by atoms with Gasteiger partial charge < -0.3 is 30.6 Å². The molecule has 4 aliphatic rings. The molecular weight excluding hydrogens is 496 g/mol. The van der Waals surface area contributed by atoms with Crippen LogP contribution in [0.3, 0.4) is 0 Å². The van der Waals surface area contributed by atoms with Crippen molar-refractivity contribution in [3.05, 3.63) is 11.1 Å². The summed E-state index contributed by atoms with van der Waals surface area (Å²) in [6.45, 7) is 2.62. The Morgan fingerprint density at radius 3 is 2.71 bits per heavy atom. The molecule has 5 N–H and O–H groups in total. The standard InChI is InChI=1S/C17H22N6O9S2/c1-16(2,14(26)27)32-21-10(8-6-33-15(18)19-8)12(25)20-11-13-23(34(28,29)30)17(11,31-13)7-22-5-3-4-9(22)24/h6,11,13H,3-5,7H2,1-2H3,(H2,18,19)(H,20,25)(H,26,27)(H,28,29,30)/b21-10-/t11-,13?,17?/m0/s1. The molecule has 2 amide bonds. The van der Waals surface area contributed by atoms with Crippen LogP contribution >= 0.6 is 11.3 Å². The zero-order valence-corrected chi connectivity index (χ0v) is 19.6. The number of carboxylic acids is 1. The fourth-order valence-corrected chi connectivity index (χ4v) is 5.41. The maximum atomic E-state index is 13.1. The maximum absolute atomic E-state index is 13.1. The van der Waals surface area contributed by atoms with E-state index in [1.165, 1.54) is 24.1 Å². The number of aromatic nitrogens is 1. The predicted molar refractivity (Wildman–Crippen MR) is 115 cm³/mol. The summed E-state index contributed by atoms with van der Waals surface area (Å²) >= 11 is 1.01. The number of nitrogen functional groups attached to an aromatic ring is 1. The number of likely N-dealkylation sites (tertiary alicyclic amines) is 1. The number of carboxylic acid groups (broad SMARTS) is 1. The minimum absolute atomic E-state index is 0.00510. The second-order valence-electron chi connectivity index (χ2n) is 8.41. The van der Waals surface area contributed by atoms with Crippen molar-refractivity contribution in [3.8, 4) is 0 Å². The summed E-state index contributed by atoms with van der Waals surface area (Å²) in [4.78, 5) is 46.9. The Morgan fingerprint density at radius 2 is 2.21 bits per heavy atom. The van der Waals surface area contributed by atoms with Gasteiger partial charge in [-0.05, 0) is 20.3 Å². The Bertz CT molecular complexity index is 1180. The highest BCUT2D eigenvalue weighted by molar-refractivity contribution is 7.83. The van der Waals surface area contributed by atoms with Crippen LogP contribution in [-0.2, 0) is 34.3 Å². The number of hydrogen-bond donors (Lipinski definition) is 4. The first kappa shape index (κ1) is 24.3. The van der Waals surface area contributed by atoms with Gasteiger partial charge in [0, 0.05) is 18.3 Å². The average molecular weight is 519 g/mol. The summed E-state index contributed by atoms with van der Waals surface area (Å²) in [7, 11) is -4.69. The summed E-state index contributed by atoms with van der Waals surface area (Å²) in [6.07, 6.45) is -0.323. The molecule has 0 saturated carbocycles. The number of carbonyl (C=O) groups is 3. The first-order chi connectivity index (χ1) is 15.8. The third-order valence-corrected chi connectivity index (χ3v) is 7.37. The lowest BCUT2D eigenvalue weighted by Crippen LogP contribution is -2.96. The molecule has 1 aromatic rings. The first-order valence-corrected chi connectivity index (χ1v) is 12.3. The van der Waals surface area contributed by atoms with Gasteiger partial charge in [-0.15, -0.1) is 15.6 Å². The van der Waals surface area contributed by atoms with Crippen LogP contribution < -0.4 is 11.1 Å². The number of nitrogens with zero attached hydrogens (tertiary/aromatic N) is 4. The number of thiazole rings is 1. The van der Waals surface area contributed by atoms with E-state index in [-0.39, 0.29) is 23.3 Å². The molecule has 5 heterocycles. The van der Waals surface area contributed by atoms with Gasteiger partial charge in [-0.25, -0.2) is 9.78 Å². The highest BCUT2D eigenvalue weighted by atomic mass is 32.2. The molecule has 0 spiro atoms. The molecule has 1 aromatic heterocycles. The summed E-state index contributed by atoms with van der Waals surface area (Å²) in [5, 5.41) is 17.0. The number of aliphatic carboxylic acids is 1. The van der Waals surface area contributed by atoms with Crippen LogP contribution in [0.4, 0.5) is 5.13 Å². The molecule has 0 radical (unpaired) electrons. The van der Waals surface area contributed by atoms with Gasteiger partial charge in [-0.3, -0.25) is 14.1 Å². The van der Waals surface area contributed by atoms with E-state index in [2.05, 4.69) is 15.5 Å². The summed E-state index contributed by atoms with van der Waals surface area (Å²) in [5.74, 6) is -2.42. The lowest BCUT2D eigenvalue weighted by molar-refractivity contribution is -0.444. The molecule has 186 valence electrons. The van der Waals surface area contributed by atoms with Crippen molar-refractivity contribution in [1.82, 2.24) is 19.5 Å². The smallest absolute Gasteiger partial charge is 0.350 e. The van der Waals surface area contributed by atoms with E-state index in [0.29, 0.717) is 23.7 Å². The van der Waals surface area contributed by atoms with Crippen LogP contribution in [0.25, 0.3) is 0 Å². The Labute approximate surface area is 197 Å². The molecule has 3 atom stereocenters. The van der Waals surface area contributed by atoms with Gasteiger partial charge in [-0.1, -0.05) is 5.16 Å². The number of rotatable bonds is 9. The Morgan fingerprint density at radius 1 is 1.50 bits per heavy atom. The van der Waals surface area contributed by atoms with Crippen molar-refractivity contribution in [2.45, 2.75) is 50.3 Å². The number of hydrogen-bond acceptors (Lipinski definition) is 11. The highest BCUT2D eigenvalue weighted by Gasteiger charge is 2.79. The SMILES string of the molecule is CC(C)(O/N=C(\C(=O)N[C@H]1C2OC1(CN1CCCC1=O)N2S(=O)(=O)O)c1csc(N)n1)C(=O)O. The van der Waals surface area contributed by atoms with Gasteiger partial charge in [-0.2, -0.15) is 8.42 Å². The molecule has 4 aliphatic heterocycles. The summed E-state index contributed by atoms with van der Waals surface area (Å²) < 4.78 is 39.5. The number of oxime groups is 1. The Hall–Kier alpha value is -2.86. The third-order valence-electron chi connectivity index (χ3n) is 5.68. The molecule has 5 rings (SSSR count). The van der Waals surface area contributed by atoms with Crippen LogP contribution in [0.5, 0.6) is 0 Å². The normalized spacial score (nSPS) is 27.2. The van der Waals surface area contributed by atoms with Gasteiger partial charge in [0.25, 0.3) is 5.91 Å². The molecule has 4 saturated heterocycles. The van der Waals surface area contributed by atoms with Crippen molar-refractivity contribution in [3.63, 3.8) is 0 Å². The summed E-state index contributed by atoms with van der Waals surface area (Å²) in [5.41, 5.74) is 1.77. The highest BCUT2D eigenvalue weighted by Crippen LogP contribution is 2.54. The van der Waals surface area contributed by atoms with Gasteiger partial charge in [0.15, 0.2) is 22.8 Å². The van der Waals surface area contributed by atoms with Gasteiger partial charge in [0.05, 0.1) is 6.54 Å². The second kappa shape index (κ2) is 8.12. The van der Waals surface area contributed by atoms with Gasteiger partial charge in [0.1, 0.15) is 11.7 Å². The zero-order valence-electron chi connectivity index (χ0n) is 18.0. The van der Waals surface area contributed by atoms with Crippen LogP contribution in [0.15, 0.2) is 10.5 Å². The van der Waals surface area contributed by atoms with Crippen molar-refractivity contribution in [1.29, 1.82) is 0 Å². The fraction of sp³-hybridized carbons (Fsp3) is 0.588. The number of nitrogens with one attached hydrogen (secondary N) is 1. The topological polar surface area (TPSA) is 214 Å². The molecular formula is C17H22N6O9S2. The minimum Gasteiger partial charge on any atom is -0.478 e. The minimum atomic E-state index is -4.69. The monoisotopic (exact) mass is 518 g/mol. The Kier molecular flexibility index (Phi) is 5.80. The number of amides is 2. The van der Waals surface area contributed by atoms with E-state index < -0.39 is 51.5 Å². The van der Waals surface area contributed by atoms with Crippen molar-refractivity contribution in [2.24, 2.45) is 5.16 Å². The van der Waals surface area contributed by atoms with E-state index in [0.717, 1.165) is 11.3 Å². The van der Waals surface area contributed by atoms with Crippen LogP contribution in [0.2, 0.25) is 0 Å². The maximum Gasteiger partial charge on any atom is 0.350 e. The van der Waals surface area contributed by atoms with Crippen LogP contribution in [-0.4, -0.2) is 92.4 Å². The number of anilines is 1. The van der Waals surface area contributed by atoms with E-state index >= 15 is 0 Å². The summed E-state index contributed by atoms with van der Waals surface area (Å²) in [6, 6.07) is -0.941. The zero-order chi connectivity index (χ0) is 25.1. The molecule has 2 bridgehead atoms. The molecule has 0 aliphatic carbocycles. The number of carbonyl (C=O) groups excluding carboxylic acids is 2. The average Bonchev–Trinajstić information content (AvgIpc) is 3.30. The number of ether oxygens (including phenoxy) is 1. The van der Waals surface area contributed by atoms with Gasteiger partial charge in [0.2, 0.25) is 11.5 Å². The fourth-order valence-electron chi connectivity index (χ4n) is 3.83. The predicted octanol–water partition coefficient (Wildman–Crippen LogP) is -1.41. The van der Waals surface area contributed by atoms with Crippen molar-refractivity contribution in [2.75, 3.05) is 18.8 Å². The largest absolute Gasteiger partial charge is 0.478 e. The second-order valence-corrected chi connectivity index (χ2v) is 10.6. The lowest BCUT2D eigenvalue weighted by atomic mass is 9.84. The lowest BCUT2D eigenvalue weighted by Gasteiger charge is -2.71. The van der Waals surface area contributed by atoms with Crippen molar-refractivity contribution >= 4 is 50.3 Å². The van der Waals surface area contributed by atoms with E-state index in [1.54, 1.807) is 0 Å². The molecule has 2 unspecified atom stereocenters. The molecule has 4 fully saturated rings. The molecule has 0 aromatic carbocycles. The van der Waals surface area contributed by atoms with E-state index in [4.69, 9.17) is 15.3 Å². The number of nitrogens with two attached hydrogens (primary N) is 1. The quantitative estimate of drug-likeness (QED) is 0.169. The third kappa shape index (κ3) is 3.98. The first-order valence-electron chi connectivity index (χ1n) is 10.0. The van der Waals surface area contributed by atoms with Crippen LogP contribution in [0, 0.1) is 0 Å².